The van der Waals surface area contributed by atoms with E-state index in [0.717, 1.165) is 44.1 Å². The number of aryl methyl sites for hydroxylation is 2. The highest BCUT2D eigenvalue weighted by Crippen LogP contribution is 2.34. The molecular formula is C13H13BrN4S. The van der Waals surface area contributed by atoms with Gasteiger partial charge < -0.3 is 10.3 Å². The molecule has 3 aromatic rings. The van der Waals surface area contributed by atoms with Gasteiger partial charge in [-0.2, -0.15) is 4.37 Å². The van der Waals surface area contributed by atoms with Gasteiger partial charge in [-0.1, -0.05) is 15.9 Å². The van der Waals surface area contributed by atoms with Gasteiger partial charge in [0.05, 0.1) is 22.3 Å². The number of imidazole rings is 1. The van der Waals surface area contributed by atoms with Crippen LogP contribution in [0.15, 0.2) is 22.7 Å². The normalized spacial score (nSPS) is 11.3. The first kappa shape index (κ1) is 12.6. The number of nitrogen functional groups attached to an aromatic ring is 1. The summed E-state index contributed by atoms with van der Waals surface area (Å²) in [6.45, 7) is 4.93. The number of fused-ring (bicyclic) bond motifs is 1. The Balaban J connectivity index is 2.35. The standard InChI is InChI=1S/C13H13BrN4S/c1-3-18-10-5-4-8(14)6-9(10)16-13(18)11-7(2)17-19-12(11)15/h4-6H,3,15H2,1-2H3. The fourth-order valence-electron chi connectivity index (χ4n) is 2.27. The third-order valence-electron chi connectivity index (χ3n) is 3.14. The summed E-state index contributed by atoms with van der Waals surface area (Å²) >= 11 is 4.80. The third-order valence-corrected chi connectivity index (χ3v) is 4.40. The van der Waals surface area contributed by atoms with Gasteiger partial charge in [-0.05, 0) is 43.6 Å². The fourth-order valence-corrected chi connectivity index (χ4v) is 3.28. The van der Waals surface area contributed by atoms with Crippen molar-refractivity contribution >= 4 is 43.5 Å². The molecule has 2 heterocycles. The quantitative estimate of drug-likeness (QED) is 0.773. The Hall–Kier alpha value is -1.40. The zero-order valence-electron chi connectivity index (χ0n) is 10.6. The largest absolute Gasteiger partial charge is 0.389 e. The van der Waals surface area contributed by atoms with Crippen molar-refractivity contribution in [1.82, 2.24) is 13.9 Å². The summed E-state index contributed by atoms with van der Waals surface area (Å²) in [6, 6.07) is 6.13. The average molecular weight is 337 g/mol. The van der Waals surface area contributed by atoms with Crippen molar-refractivity contribution < 1.29 is 0 Å². The monoisotopic (exact) mass is 336 g/mol. The highest BCUT2D eigenvalue weighted by molar-refractivity contribution is 9.10. The molecule has 0 atom stereocenters. The molecular weight excluding hydrogens is 324 g/mol. The minimum absolute atomic E-state index is 0.724. The van der Waals surface area contributed by atoms with E-state index >= 15 is 0 Å². The van der Waals surface area contributed by atoms with Crippen LogP contribution >= 0.6 is 27.5 Å². The lowest BCUT2D eigenvalue weighted by Gasteiger charge is -2.05. The molecule has 0 spiro atoms. The molecule has 0 bridgehead atoms. The van der Waals surface area contributed by atoms with Crippen molar-refractivity contribution in [1.29, 1.82) is 0 Å². The van der Waals surface area contributed by atoms with Gasteiger partial charge in [0.15, 0.2) is 0 Å². The summed E-state index contributed by atoms with van der Waals surface area (Å²) in [6.07, 6.45) is 0. The van der Waals surface area contributed by atoms with Gasteiger partial charge in [0, 0.05) is 11.0 Å². The minimum Gasteiger partial charge on any atom is -0.389 e. The lowest BCUT2D eigenvalue weighted by atomic mass is 10.2. The molecule has 4 nitrogen and oxygen atoms in total. The Morgan fingerprint density at radius 2 is 2.21 bits per heavy atom. The number of nitrogens with zero attached hydrogens (tertiary/aromatic N) is 3. The van der Waals surface area contributed by atoms with Crippen LogP contribution in [-0.2, 0) is 6.54 Å². The smallest absolute Gasteiger partial charge is 0.146 e. The van der Waals surface area contributed by atoms with Crippen molar-refractivity contribution in [3.63, 3.8) is 0 Å². The molecule has 0 aliphatic rings. The first-order valence-corrected chi connectivity index (χ1v) is 7.56. The lowest BCUT2D eigenvalue weighted by Crippen LogP contribution is -1.99. The molecule has 6 heteroatoms. The van der Waals surface area contributed by atoms with E-state index in [1.54, 1.807) is 0 Å². The average Bonchev–Trinajstić information content (AvgIpc) is 2.88. The molecule has 2 aromatic heterocycles. The summed E-state index contributed by atoms with van der Waals surface area (Å²) in [5.41, 5.74) is 10.0. The number of rotatable bonds is 2. The van der Waals surface area contributed by atoms with Gasteiger partial charge in [0.25, 0.3) is 0 Å². The number of halogens is 1. The van der Waals surface area contributed by atoms with Crippen molar-refractivity contribution in [2.75, 3.05) is 5.73 Å². The fraction of sp³-hybridized carbons (Fsp3) is 0.231. The number of hydrogen-bond acceptors (Lipinski definition) is 4. The molecule has 0 saturated carbocycles. The first-order chi connectivity index (χ1) is 9.11. The molecule has 98 valence electrons. The Morgan fingerprint density at radius 1 is 1.42 bits per heavy atom. The molecule has 0 aliphatic carbocycles. The van der Waals surface area contributed by atoms with Crippen LogP contribution in [0.4, 0.5) is 5.00 Å². The topological polar surface area (TPSA) is 56.7 Å². The van der Waals surface area contributed by atoms with Crippen LogP contribution < -0.4 is 5.73 Å². The Labute approximate surface area is 123 Å². The third kappa shape index (κ3) is 1.95. The van der Waals surface area contributed by atoms with Crippen molar-refractivity contribution in [3.8, 4) is 11.4 Å². The number of benzene rings is 1. The van der Waals surface area contributed by atoms with E-state index in [1.165, 1.54) is 11.5 Å². The summed E-state index contributed by atoms with van der Waals surface area (Å²) in [7, 11) is 0. The molecule has 3 rings (SSSR count). The first-order valence-electron chi connectivity index (χ1n) is 5.99. The molecule has 19 heavy (non-hydrogen) atoms. The zero-order chi connectivity index (χ0) is 13.6. The lowest BCUT2D eigenvalue weighted by molar-refractivity contribution is 0.796. The predicted molar refractivity (Wildman–Crippen MR) is 83.4 cm³/mol. The Morgan fingerprint density at radius 3 is 2.84 bits per heavy atom. The van der Waals surface area contributed by atoms with Crippen molar-refractivity contribution in [2.45, 2.75) is 20.4 Å². The van der Waals surface area contributed by atoms with Gasteiger partial charge in [-0.25, -0.2) is 4.98 Å². The predicted octanol–water partition coefficient (Wildman–Crippen LogP) is 3.83. The van der Waals surface area contributed by atoms with Crippen LogP contribution in [0.3, 0.4) is 0 Å². The zero-order valence-corrected chi connectivity index (χ0v) is 13.0. The highest BCUT2D eigenvalue weighted by atomic mass is 79.9. The van der Waals surface area contributed by atoms with E-state index in [2.05, 4.69) is 37.9 Å². The maximum atomic E-state index is 6.04. The van der Waals surface area contributed by atoms with E-state index < -0.39 is 0 Å². The van der Waals surface area contributed by atoms with Gasteiger partial charge >= 0.3 is 0 Å². The SMILES string of the molecule is CCn1c(-c2c(C)nsc2N)nc2cc(Br)ccc21. The molecule has 0 fully saturated rings. The number of aromatic nitrogens is 3. The second-order valence-electron chi connectivity index (χ2n) is 4.32. The van der Waals surface area contributed by atoms with E-state index in [1.807, 2.05) is 19.1 Å². The van der Waals surface area contributed by atoms with E-state index in [4.69, 9.17) is 10.7 Å². The Kier molecular flexibility index (Phi) is 3.06. The Bertz CT molecular complexity index is 740. The van der Waals surface area contributed by atoms with Crippen LogP contribution in [0, 0.1) is 6.92 Å². The van der Waals surface area contributed by atoms with E-state index in [9.17, 15) is 0 Å². The molecule has 2 N–H and O–H groups in total. The van der Waals surface area contributed by atoms with Crippen LogP contribution in [0.2, 0.25) is 0 Å². The van der Waals surface area contributed by atoms with Crippen LogP contribution in [-0.4, -0.2) is 13.9 Å². The number of nitrogens with two attached hydrogens (primary N) is 1. The summed E-state index contributed by atoms with van der Waals surface area (Å²) < 4.78 is 7.51. The highest BCUT2D eigenvalue weighted by Gasteiger charge is 2.18. The summed E-state index contributed by atoms with van der Waals surface area (Å²) in [5.74, 6) is 0.902. The van der Waals surface area contributed by atoms with Gasteiger partial charge in [0.1, 0.15) is 10.8 Å². The summed E-state index contributed by atoms with van der Waals surface area (Å²) in [5, 5.41) is 0.724. The number of anilines is 1. The molecule has 0 aliphatic heterocycles. The van der Waals surface area contributed by atoms with E-state index in [0.29, 0.717) is 0 Å². The number of hydrogen-bond donors (Lipinski definition) is 1. The molecule has 0 unspecified atom stereocenters. The van der Waals surface area contributed by atoms with Gasteiger partial charge in [0.2, 0.25) is 0 Å². The second-order valence-corrected chi connectivity index (χ2v) is 6.04. The molecule has 1 aromatic carbocycles. The van der Waals surface area contributed by atoms with E-state index in [-0.39, 0.29) is 0 Å². The van der Waals surface area contributed by atoms with Crippen molar-refractivity contribution in [2.24, 2.45) is 0 Å². The van der Waals surface area contributed by atoms with Crippen LogP contribution in [0.1, 0.15) is 12.6 Å². The van der Waals surface area contributed by atoms with Gasteiger partial charge in [-0.3, -0.25) is 0 Å². The minimum atomic E-state index is 0.724. The summed E-state index contributed by atoms with van der Waals surface area (Å²) in [4.78, 5) is 4.73. The van der Waals surface area contributed by atoms with Crippen LogP contribution in [0.25, 0.3) is 22.4 Å². The maximum Gasteiger partial charge on any atom is 0.146 e. The molecule has 0 amide bonds. The second kappa shape index (κ2) is 4.61. The van der Waals surface area contributed by atoms with Gasteiger partial charge in [-0.15, -0.1) is 0 Å². The molecule has 0 saturated heterocycles. The molecule has 0 radical (unpaired) electrons. The maximum absolute atomic E-state index is 6.04. The van der Waals surface area contributed by atoms with Crippen LogP contribution in [0.5, 0.6) is 0 Å². The van der Waals surface area contributed by atoms with Crippen molar-refractivity contribution in [3.05, 3.63) is 28.4 Å².